The van der Waals surface area contributed by atoms with E-state index in [1.165, 1.54) is 0 Å². The Hall–Kier alpha value is -0.640. The van der Waals surface area contributed by atoms with Gasteiger partial charge in [0.2, 0.25) is 0 Å². The molecule has 1 rings (SSSR count). The topological polar surface area (TPSA) is 72.6 Å². The molecule has 1 aromatic rings. The van der Waals surface area contributed by atoms with Crippen LogP contribution < -0.4 is 0 Å². The lowest BCUT2D eigenvalue weighted by Crippen LogP contribution is -2.05. The summed E-state index contributed by atoms with van der Waals surface area (Å²) in [6.45, 7) is 5.60. The molecule has 0 spiro atoms. The second-order valence-corrected chi connectivity index (χ2v) is 5.56. The normalized spacial score (nSPS) is 17.0. The van der Waals surface area contributed by atoms with Crippen LogP contribution in [0.25, 0.3) is 0 Å². The summed E-state index contributed by atoms with van der Waals surface area (Å²) in [5, 5.41) is 3.76. The van der Waals surface area contributed by atoms with Crippen LogP contribution in [0.2, 0.25) is 0 Å². The van der Waals surface area contributed by atoms with E-state index in [-0.39, 0.29) is 12.3 Å². The van der Waals surface area contributed by atoms with Crippen LogP contribution in [0, 0.1) is 0 Å². The zero-order valence-corrected chi connectivity index (χ0v) is 10.7. The van der Waals surface area contributed by atoms with Crippen LogP contribution in [0.15, 0.2) is 10.6 Å². The van der Waals surface area contributed by atoms with Crippen LogP contribution in [0.1, 0.15) is 38.6 Å². The van der Waals surface area contributed by atoms with Crippen molar-refractivity contribution in [2.75, 3.05) is 0 Å². The van der Waals surface area contributed by atoms with Crippen molar-refractivity contribution < 1.29 is 18.5 Å². The molecule has 6 heteroatoms. The van der Waals surface area contributed by atoms with Crippen LogP contribution in [-0.2, 0) is 21.7 Å². The van der Waals surface area contributed by atoms with Crippen molar-refractivity contribution in [2.24, 2.45) is 0 Å². The molecule has 1 N–H and O–H groups in total. The molecule has 16 heavy (non-hydrogen) atoms. The van der Waals surface area contributed by atoms with E-state index in [0.29, 0.717) is 12.2 Å². The second-order valence-electron chi connectivity index (χ2n) is 3.76. The summed E-state index contributed by atoms with van der Waals surface area (Å²) in [5.41, 5.74) is 0.776. The monoisotopic (exact) mass is 247 g/mol. The minimum atomic E-state index is -3.62. The van der Waals surface area contributed by atoms with E-state index in [4.69, 9.17) is 9.05 Å². The Labute approximate surface area is 95.3 Å². The fourth-order valence-corrected chi connectivity index (χ4v) is 2.52. The number of rotatable bonds is 6. The van der Waals surface area contributed by atoms with Gasteiger partial charge in [-0.1, -0.05) is 19.0 Å². The summed E-state index contributed by atoms with van der Waals surface area (Å²) in [5.74, 6) is 0.394. The molecule has 1 aromatic heterocycles. The first-order valence-electron chi connectivity index (χ1n) is 5.41. The SMILES string of the molecule is CCc1cc(CP(=O)(O)OC(C)CC)on1. The van der Waals surface area contributed by atoms with Gasteiger partial charge in [-0.2, -0.15) is 0 Å². The number of aryl methyl sites for hydroxylation is 1. The van der Waals surface area contributed by atoms with E-state index >= 15 is 0 Å². The lowest BCUT2D eigenvalue weighted by atomic mass is 10.3. The molecule has 1 heterocycles. The van der Waals surface area contributed by atoms with E-state index in [1.54, 1.807) is 13.0 Å². The predicted octanol–water partition coefficient (Wildman–Crippen LogP) is 2.74. The molecule has 2 atom stereocenters. The van der Waals surface area contributed by atoms with Gasteiger partial charge in [0.15, 0.2) is 0 Å². The smallest absolute Gasteiger partial charge is 0.336 e. The van der Waals surface area contributed by atoms with Gasteiger partial charge in [-0.25, -0.2) is 0 Å². The Kier molecular flexibility index (Phi) is 4.71. The van der Waals surface area contributed by atoms with Gasteiger partial charge in [0.25, 0.3) is 0 Å². The molecular formula is C10H18NO4P. The summed E-state index contributed by atoms with van der Waals surface area (Å²) in [6, 6.07) is 1.68. The number of aromatic nitrogens is 1. The first-order chi connectivity index (χ1) is 7.46. The lowest BCUT2D eigenvalue weighted by molar-refractivity contribution is 0.183. The summed E-state index contributed by atoms with van der Waals surface area (Å²) in [7, 11) is -3.62. The quantitative estimate of drug-likeness (QED) is 0.782. The highest BCUT2D eigenvalue weighted by Crippen LogP contribution is 2.47. The van der Waals surface area contributed by atoms with Gasteiger partial charge in [0, 0.05) is 6.07 Å². The van der Waals surface area contributed by atoms with Crippen LogP contribution in [0.5, 0.6) is 0 Å². The Morgan fingerprint density at radius 1 is 1.62 bits per heavy atom. The highest BCUT2D eigenvalue weighted by Gasteiger charge is 2.25. The fraction of sp³-hybridized carbons (Fsp3) is 0.700. The summed E-state index contributed by atoms with van der Waals surface area (Å²) in [4.78, 5) is 9.60. The van der Waals surface area contributed by atoms with Crippen molar-refractivity contribution in [3.05, 3.63) is 17.5 Å². The number of hydrogen-bond donors (Lipinski definition) is 1. The molecule has 92 valence electrons. The maximum absolute atomic E-state index is 11.7. The molecule has 0 aliphatic carbocycles. The van der Waals surface area contributed by atoms with Gasteiger partial charge in [-0.3, -0.25) is 4.57 Å². The average Bonchev–Trinajstić information content (AvgIpc) is 2.63. The molecule has 0 saturated heterocycles. The third kappa shape index (κ3) is 4.08. The van der Waals surface area contributed by atoms with Crippen LogP contribution >= 0.6 is 7.60 Å². The summed E-state index contributed by atoms with van der Waals surface area (Å²) < 4.78 is 21.7. The van der Waals surface area contributed by atoms with Gasteiger partial charge >= 0.3 is 7.60 Å². The Morgan fingerprint density at radius 3 is 2.81 bits per heavy atom. The van der Waals surface area contributed by atoms with Gasteiger partial charge in [0.1, 0.15) is 11.9 Å². The highest BCUT2D eigenvalue weighted by molar-refractivity contribution is 7.51. The Morgan fingerprint density at radius 2 is 2.31 bits per heavy atom. The summed E-state index contributed by atoms with van der Waals surface area (Å²) >= 11 is 0. The van der Waals surface area contributed by atoms with Gasteiger partial charge in [-0.05, 0) is 19.8 Å². The summed E-state index contributed by atoms with van der Waals surface area (Å²) in [6.07, 6.45) is 1.08. The van der Waals surface area contributed by atoms with E-state index in [1.807, 2.05) is 13.8 Å². The van der Waals surface area contributed by atoms with Crippen molar-refractivity contribution in [2.45, 2.75) is 45.9 Å². The largest absolute Gasteiger partial charge is 0.360 e. The Bertz CT molecular complexity index is 377. The molecule has 0 radical (unpaired) electrons. The standard InChI is InChI=1S/C10H18NO4P/c1-4-8(3)15-16(12,13)7-10-6-9(5-2)11-14-10/h6,8H,4-5,7H2,1-3H3,(H,12,13). The maximum atomic E-state index is 11.7. The zero-order valence-electron chi connectivity index (χ0n) is 9.84. The van der Waals surface area contributed by atoms with Crippen molar-refractivity contribution in [1.82, 2.24) is 5.16 Å². The first kappa shape index (κ1) is 13.4. The third-order valence-electron chi connectivity index (χ3n) is 2.25. The Balaban J connectivity index is 2.61. The van der Waals surface area contributed by atoms with E-state index in [0.717, 1.165) is 12.1 Å². The maximum Gasteiger partial charge on any atom is 0.336 e. The predicted molar refractivity (Wildman–Crippen MR) is 60.2 cm³/mol. The van der Waals surface area contributed by atoms with Crippen LogP contribution in [0.3, 0.4) is 0 Å². The van der Waals surface area contributed by atoms with E-state index < -0.39 is 7.60 Å². The molecule has 5 nitrogen and oxygen atoms in total. The van der Waals surface area contributed by atoms with Crippen molar-refractivity contribution in [3.63, 3.8) is 0 Å². The first-order valence-corrected chi connectivity index (χ1v) is 7.17. The van der Waals surface area contributed by atoms with Crippen molar-refractivity contribution >= 4 is 7.60 Å². The zero-order chi connectivity index (χ0) is 12.2. The molecule has 0 aliphatic rings. The van der Waals surface area contributed by atoms with Gasteiger partial charge in [-0.15, -0.1) is 0 Å². The number of nitrogens with zero attached hydrogens (tertiary/aromatic N) is 1. The van der Waals surface area contributed by atoms with Crippen LogP contribution in [-0.4, -0.2) is 16.2 Å². The molecule has 0 amide bonds. The molecule has 0 fully saturated rings. The minimum Gasteiger partial charge on any atom is -0.360 e. The van der Waals surface area contributed by atoms with E-state index in [9.17, 15) is 9.46 Å². The van der Waals surface area contributed by atoms with Gasteiger partial charge in [0.05, 0.1) is 11.8 Å². The second kappa shape index (κ2) is 5.62. The average molecular weight is 247 g/mol. The molecule has 0 saturated carbocycles. The molecule has 0 bridgehead atoms. The van der Waals surface area contributed by atoms with Crippen molar-refractivity contribution in [3.8, 4) is 0 Å². The molecule has 0 aromatic carbocycles. The van der Waals surface area contributed by atoms with E-state index in [2.05, 4.69) is 5.16 Å². The van der Waals surface area contributed by atoms with Crippen molar-refractivity contribution in [1.29, 1.82) is 0 Å². The molecule has 0 aliphatic heterocycles. The number of hydrogen-bond acceptors (Lipinski definition) is 4. The lowest BCUT2D eigenvalue weighted by Gasteiger charge is -2.15. The third-order valence-corrected chi connectivity index (χ3v) is 3.65. The fourth-order valence-electron chi connectivity index (χ4n) is 1.19. The van der Waals surface area contributed by atoms with Gasteiger partial charge < -0.3 is 13.9 Å². The highest BCUT2D eigenvalue weighted by atomic mass is 31.2. The molecule has 2 unspecified atom stereocenters. The van der Waals surface area contributed by atoms with Crippen LogP contribution in [0.4, 0.5) is 0 Å². The molecular weight excluding hydrogens is 229 g/mol. The minimum absolute atomic E-state index is 0.121.